The molecule has 9 nitrogen and oxygen atoms in total. The zero-order valence-electron chi connectivity index (χ0n) is 22.2. The maximum Gasteiger partial charge on any atom is 0.509 e. The minimum absolute atomic E-state index is 0.00899. The molecule has 0 radical (unpaired) electrons. The molecule has 1 aromatic carbocycles. The third kappa shape index (κ3) is 5.66. The number of aromatic nitrogens is 3. The average molecular weight is 557 g/mol. The molecule has 0 aliphatic carbocycles. The molecule has 0 spiro atoms. The van der Waals surface area contributed by atoms with Gasteiger partial charge in [-0.2, -0.15) is 4.98 Å². The van der Waals surface area contributed by atoms with E-state index in [0.29, 0.717) is 11.0 Å². The number of ether oxygens (including phenoxy) is 3. The zero-order chi connectivity index (χ0) is 27.7. The number of fused-ring (bicyclic) bond motifs is 1. The van der Waals surface area contributed by atoms with Gasteiger partial charge in [0.1, 0.15) is 24.3 Å². The molecule has 1 aliphatic rings. The van der Waals surface area contributed by atoms with Crippen LogP contribution in [0, 0.1) is 12.3 Å². The molecule has 0 unspecified atom stereocenters. The van der Waals surface area contributed by atoms with Gasteiger partial charge in [0.05, 0.1) is 12.0 Å². The molecule has 0 amide bonds. The van der Waals surface area contributed by atoms with Crippen LogP contribution in [0.15, 0.2) is 42.6 Å². The molecule has 2 N–H and O–H groups in total. The van der Waals surface area contributed by atoms with E-state index in [1.165, 1.54) is 0 Å². The molecule has 4 rings (SSSR count). The summed E-state index contributed by atoms with van der Waals surface area (Å²) < 4.78 is 25.9. The summed E-state index contributed by atoms with van der Waals surface area (Å²) in [6.45, 7) is 10.8. The second kappa shape index (κ2) is 10.6. The van der Waals surface area contributed by atoms with Crippen LogP contribution >= 0.6 is 11.6 Å². The normalized spacial score (nSPS) is 21.8. The minimum Gasteiger partial charge on any atom is -0.429 e. The van der Waals surface area contributed by atoms with Crippen LogP contribution < -0.4 is 5.73 Å². The van der Waals surface area contributed by atoms with Gasteiger partial charge in [-0.05, 0) is 41.4 Å². The molecule has 0 saturated carbocycles. The first-order valence-corrected chi connectivity index (χ1v) is 15.6. The fourth-order valence-corrected chi connectivity index (χ4v) is 5.16. The first-order chi connectivity index (χ1) is 17.8. The summed E-state index contributed by atoms with van der Waals surface area (Å²) in [4.78, 5) is 21.1. The van der Waals surface area contributed by atoms with E-state index in [1.807, 2.05) is 30.3 Å². The van der Waals surface area contributed by atoms with Gasteiger partial charge in [-0.15, -0.1) is 6.42 Å². The van der Waals surface area contributed by atoms with Gasteiger partial charge in [0.2, 0.25) is 5.28 Å². The van der Waals surface area contributed by atoms with E-state index in [9.17, 15) is 4.79 Å². The SMILES string of the molecule is C#C[C@]1(CO[Si](C)(C)C(C)(C)C)O[C@@H](n2ccc3c(N)nc(Cl)nc32)C[C@@H]1OC(=O)OCc1ccccc1. The largest absolute Gasteiger partial charge is 0.509 e. The van der Waals surface area contributed by atoms with Crippen molar-refractivity contribution in [1.82, 2.24) is 14.5 Å². The number of nitrogens with two attached hydrogens (primary N) is 1. The topological polar surface area (TPSA) is 111 Å². The summed E-state index contributed by atoms with van der Waals surface area (Å²) in [5.74, 6) is 2.99. The van der Waals surface area contributed by atoms with Gasteiger partial charge in [-0.3, -0.25) is 0 Å². The summed E-state index contributed by atoms with van der Waals surface area (Å²) in [7, 11) is -2.22. The molecule has 0 bridgehead atoms. The van der Waals surface area contributed by atoms with Crippen molar-refractivity contribution in [2.24, 2.45) is 0 Å². The van der Waals surface area contributed by atoms with Crippen LogP contribution in [-0.2, 0) is 25.2 Å². The molecule has 1 saturated heterocycles. The van der Waals surface area contributed by atoms with E-state index < -0.39 is 32.4 Å². The molecular formula is C27H33ClN4O5Si. The van der Waals surface area contributed by atoms with Gasteiger partial charge < -0.3 is 28.9 Å². The van der Waals surface area contributed by atoms with Crippen molar-refractivity contribution in [1.29, 1.82) is 0 Å². The Hall–Kier alpha value is -3.10. The van der Waals surface area contributed by atoms with Crippen molar-refractivity contribution < 1.29 is 23.4 Å². The number of anilines is 1. The first kappa shape index (κ1) is 27.9. The lowest BCUT2D eigenvalue weighted by molar-refractivity contribution is -0.0954. The van der Waals surface area contributed by atoms with E-state index in [2.05, 4.69) is 49.8 Å². The molecule has 1 fully saturated rings. The van der Waals surface area contributed by atoms with Crippen molar-refractivity contribution in [3.63, 3.8) is 0 Å². The molecule has 3 heterocycles. The second-order valence-corrected chi connectivity index (χ2v) is 16.0. The molecule has 11 heteroatoms. The molecular weight excluding hydrogens is 524 g/mol. The number of rotatable bonds is 7. The lowest BCUT2D eigenvalue weighted by atomic mass is 9.99. The van der Waals surface area contributed by atoms with E-state index >= 15 is 0 Å². The molecule has 38 heavy (non-hydrogen) atoms. The highest BCUT2D eigenvalue weighted by Crippen LogP contribution is 2.43. The van der Waals surface area contributed by atoms with E-state index in [0.717, 1.165) is 5.56 Å². The van der Waals surface area contributed by atoms with E-state index in [4.69, 9.17) is 42.4 Å². The number of benzene rings is 1. The van der Waals surface area contributed by atoms with Crippen LogP contribution in [0.3, 0.4) is 0 Å². The van der Waals surface area contributed by atoms with Crippen LogP contribution in [0.4, 0.5) is 10.6 Å². The van der Waals surface area contributed by atoms with Crippen molar-refractivity contribution in [2.75, 3.05) is 12.3 Å². The van der Waals surface area contributed by atoms with Crippen molar-refractivity contribution in [2.45, 2.75) is 69.9 Å². The predicted octanol–water partition coefficient (Wildman–Crippen LogP) is 5.70. The Bertz CT molecular complexity index is 1350. The minimum atomic E-state index is -2.22. The Labute approximate surface area is 228 Å². The Kier molecular flexibility index (Phi) is 7.77. The number of nitrogens with zero attached hydrogens (tertiary/aromatic N) is 3. The summed E-state index contributed by atoms with van der Waals surface area (Å²) in [5.41, 5.74) is 6.00. The lowest BCUT2D eigenvalue weighted by Gasteiger charge is -2.39. The Morgan fingerprint density at radius 2 is 2.00 bits per heavy atom. The Morgan fingerprint density at radius 1 is 1.29 bits per heavy atom. The number of hydrogen-bond acceptors (Lipinski definition) is 8. The third-order valence-electron chi connectivity index (χ3n) is 7.30. The number of carbonyl (C=O) groups excluding carboxylic acids is 1. The quantitative estimate of drug-likeness (QED) is 0.171. The van der Waals surface area contributed by atoms with Crippen LogP contribution in [-0.4, -0.2) is 47.3 Å². The second-order valence-electron chi connectivity index (χ2n) is 10.9. The molecule has 1 aliphatic heterocycles. The van der Waals surface area contributed by atoms with E-state index in [-0.39, 0.29) is 35.8 Å². The zero-order valence-corrected chi connectivity index (χ0v) is 24.0. The summed E-state index contributed by atoms with van der Waals surface area (Å²) >= 11 is 6.08. The van der Waals surface area contributed by atoms with Gasteiger partial charge in [0, 0.05) is 12.6 Å². The molecule has 3 aromatic rings. The lowest BCUT2D eigenvalue weighted by Crippen LogP contribution is -2.50. The summed E-state index contributed by atoms with van der Waals surface area (Å²) in [6.07, 6.45) is 5.74. The van der Waals surface area contributed by atoms with Gasteiger partial charge in [0.25, 0.3) is 0 Å². The number of terminal acetylenes is 1. The smallest absolute Gasteiger partial charge is 0.429 e. The third-order valence-corrected chi connectivity index (χ3v) is 11.9. The van der Waals surface area contributed by atoms with Crippen LogP contribution in [0.1, 0.15) is 39.0 Å². The maximum absolute atomic E-state index is 12.8. The fraction of sp³-hybridized carbons (Fsp3) is 0.444. The van der Waals surface area contributed by atoms with Crippen molar-refractivity contribution >= 4 is 42.9 Å². The monoisotopic (exact) mass is 556 g/mol. The molecule has 3 atom stereocenters. The Morgan fingerprint density at radius 3 is 2.66 bits per heavy atom. The Balaban J connectivity index is 1.61. The maximum atomic E-state index is 12.8. The number of halogens is 1. The van der Waals surface area contributed by atoms with Crippen molar-refractivity contribution in [3.8, 4) is 12.3 Å². The number of carbonyl (C=O) groups is 1. The van der Waals surface area contributed by atoms with Gasteiger partial charge in [-0.25, -0.2) is 9.78 Å². The van der Waals surface area contributed by atoms with Gasteiger partial charge >= 0.3 is 6.16 Å². The predicted molar refractivity (Wildman–Crippen MR) is 148 cm³/mol. The fourth-order valence-electron chi connectivity index (χ4n) is 3.98. The number of hydrogen-bond donors (Lipinski definition) is 1. The van der Waals surface area contributed by atoms with Crippen molar-refractivity contribution in [3.05, 3.63) is 53.4 Å². The van der Waals surface area contributed by atoms with Crippen LogP contribution in [0.5, 0.6) is 0 Å². The van der Waals surface area contributed by atoms with Gasteiger partial charge in [0.15, 0.2) is 20.0 Å². The molecule has 202 valence electrons. The van der Waals surface area contributed by atoms with Gasteiger partial charge in [-0.1, -0.05) is 57.0 Å². The average Bonchev–Trinajstić information content (AvgIpc) is 3.43. The molecule has 2 aromatic heterocycles. The summed E-state index contributed by atoms with van der Waals surface area (Å²) in [5, 5.41) is 0.566. The standard InChI is InChI=1S/C27H33ClN4O5Si/c1-7-27(17-35-38(5,6)26(2,3)4)20(36-25(33)34-16-18-11-9-8-10-12-18)15-21(37-27)32-14-13-19-22(29)30-24(28)31-23(19)32/h1,8-14,20-21H,15-17H2,2-6H3,(H2,29,30,31)/t20-,21+,27+/m0/s1. The van der Waals surface area contributed by atoms with E-state index in [1.54, 1.807) is 16.8 Å². The first-order valence-electron chi connectivity index (χ1n) is 12.3. The van der Waals surface area contributed by atoms with Crippen LogP contribution in [0.25, 0.3) is 11.0 Å². The summed E-state index contributed by atoms with van der Waals surface area (Å²) in [6, 6.07) is 11.1. The highest BCUT2D eigenvalue weighted by atomic mass is 35.5. The highest BCUT2D eigenvalue weighted by Gasteiger charge is 2.53. The highest BCUT2D eigenvalue weighted by molar-refractivity contribution is 6.74. The van der Waals surface area contributed by atoms with Crippen LogP contribution in [0.2, 0.25) is 23.4 Å². The number of nitrogen functional groups attached to an aromatic ring is 1.